The summed E-state index contributed by atoms with van der Waals surface area (Å²) < 4.78 is 5.41. The predicted octanol–water partition coefficient (Wildman–Crippen LogP) is 1.79. The van der Waals surface area contributed by atoms with Crippen molar-refractivity contribution in [2.75, 3.05) is 38.2 Å². The van der Waals surface area contributed by atoms with Gasteiger partial charge in [-0.15, -0.1) is 11.3 Å². The minimum absolute atomic E-state index is 0.0218. The molecule has 3 amide bonds. The zero-order chi connectivity index (χ0) is 16.9. The highest BCUT2D eigenvalue weighted by Crippen LogP contribution is 2.33. The Morgan fingerprint density at radius 2 is 2.12 bits per heavy atom. The maximum Gasteiger partial charge on any atom is 0.315 e. The molecule has 0 aromatic carbocycles. The van der Waals surface area contributed by atoms with E-state index in [2.05, 4.69) is 10.2 Å². The predicted molar refractivity (Wildman–Crippen MR) is 92.5 cm³/mol. The minimum atomic E-state index is -0.493. The lowest BCUT2D eigenvalue weighted by Gasteiger charge is -2.33. The first-order valence-corrected chi connectivity index (χ1v) is 9.06. The fraction of sp³-hybridized carbons (Fsp3) is 0.562. The summed E-state index contributed by atoms with van der Waals surface area (Å²) in [6.07, 6.45) is 2.96. The number of amides is 3. The number of urea groups is 1. The highest BCUT2D eigenvalue weighted by Gasteiger charge is 2.29. The summed E-state index contributed by atoms with van der Waals surface area (Å²) in [6.45, 7) is 5.44. The number of nitrogens with one attached hydrogen (secondary N) is 1. The lowest BCUT2D eigenvalue weighted by Crippen LogP contribution is -2.42. The van der Waals surface area contributed by atoms with Gasteiger partial charge >= 0.3 is 6.03 Å². The first kappa shape index (κ1) is 17.2. The second kappa shape index (κ2) is 7.96. The van der Waals surface area contributed by atoms with E-state index in [1.54, 1.807) is 6.54 Å². The highest BCUT2D eigenvalue weighted by atomic mass is 32.1. The van der Waals surface area contributed by atoms with Crippen LogP contribution in [-0.4, -0.2) is 54.6 Å². The van der Waals surface area contributed by atoms with Crippen LogP contribution in [0.2, 0.25) is 0 Å². The van der Waals surface area contributed by atoms with Crippen molar-refractivity contribution >= 4 is 28.3 Å². The standard InChI is InChI=1S/C16H23N4O3S/c17-16(22)20-9-10-23-11-12(20)13-3-4-15(24-13)18-14(21)5-8-19-6-1-2-7-19/h3-4,9,12H,1-2,5-8,10-11H2,(H2,17,22)(H,18,21). The van der Waals surface area contributed by atoms with Gasteiger partial charge in [0, 0.05) is 17.8 Å². The van der Waals surface area contributed by atoms with Crippen molar-refractivity contribution in [1.82, 2.24) is 9.80 Å². The van der Waals surface area contributed by atoms with Crippen molar-refractivity contribution in [2.24, 2.45) is 5.73 Å². The Hall–Kier alpha value is -1.64. The van der Waals surface area contributed by atoms with Gasteiger partial charge in [0.15, 0.2) is 0 Å². The number of hydrogen-bond acceptors (Lipinski definition) is 5. The molecule has 3 rings (SSSR count). The van der Waals surface area contributed by atoms with E-state index in [4.69, 9.17) is 10.5 Å². The van der Waals surface area contributed by atoms with Gasteiger partial charge in [0.2, 0.25) is 5.91 Å². The van der Waals surface area contributed by atoms with Crippen LogP contribution in [0.5, 0.6) is 0 Å². The summed E-state index contributed by atoms with van der Waals surface area (Å²) in [5.41, 5.74) is 5.41. The van der Waals surface area contributed by atoms with Crippen molar-refractivity contribution in [1.29, 1.82) is 0 Å². The molecule has 1 aromatic rings. The van der Waals surface area contributed by atoms with Crippen LogP contribution in [0.15, 0.2) is 12.1 Å². The average Bonchev–Trinajstić information content (AvgIpc) is 3.24. The number of rotatable bonds is 5. The summed E-state index contributed by atoms with van der Waals surface area (Å²) in [4.78, 5) is 28.4. The van der Waals surface area contributed by atoms with Gasteiger partial charge in [0.25, 0.3) is 0 Å². The average molecular weight is 351 g/mol. The molecule has 3 heterocycles. The second-order valence-corrected chi connectivity index (χ2v) is 7.15. The summed E-state index contributed by atoms with van der Waals surface area (Å²) in [5.74, 6) is 0.0218. The number of morpholine rings is 1. The van der Waals surface area contributed by atoms with E-state index >= 15 is 0 Å². The van der Waals surface area contributed by atoms with Gasteiger partial charge < -0.3 is 25.6 Å². The first-order chi connectivity index (χ1) is 11.6. The molecule has 0 spiro atoms. The Balaban J connectivity index is 1.54. The molecule has 0 saturated carbocycles. The number of thiophene rings is 1. The van der Waals surface area contributed by atoms with Crippen LogP contribution in [0.3, 0.4) is 0 Å². The molecule has 0 bridgehead atoms. The molecule has 2 fully saturated rings. The Kier molecular flexibility index (Phi) is 5.70. The van der Waals surface area contributed by atoms with E-state index in [0.29, 0.717) is 19.6 Å². The van der Waals surface area contributed by atoms with Crippen LogP contribution < -0.4 is 11.1 Å². The van der Waals surface area contributed by atoms with Gasteiger partial charge in [-0.3, -0.25) is 4.79 Å². The monoisotopic (exact) mass is 351 g/mol. The lowest BCUT2D eigenvalue weighted by molar-refractivity contribution is -0.116. The fourth-order valence-corrected chi connectivity index (χ4v) is 4.06. The number of primary amides is 1. The molecule has 2 aliphatic rings. The third kappa shape index (κ3) is 4.25. The molecule has 1 radical (unpaired) electrons. The zero-order valence-corrected chi connectivity index (χ0v) is 14.4. The topological polar surface area (TPSA) is 87.9 Å². The third-order valence-corrected chi connectivity index (χ3v) is 5.43. The molecule has 0 aliphatic carbocycles. The number of nitrogens with zero attached hydrogens (tertiary/aromatic N) is 2. The number of carbonyl (C=O) groups is 2. The van der Waals surface area contributed by atoms with E-state index in [0.717, 1.165) is 29.5 Å². The van der Waals surface area contributed by atoms with E-state index in [1.807, 2.05) is 12.1 Å². The van der Waals surface area contributed by atoms with Gasteiger partial charge in [-0.25, -0.2) is 4.79 Å². The molecule has 24 heavy (non-hydrogen) atoms. The maximum atomic E-state index is 12.1. The van der Waals surface area contributed by atoms with E-state index in [-0.39, 0.29) is 11.9 Å². The highest BCUT2D eigenvalue weighted by molar-refractivity contribution is 7.16. The van der Waals surface area contributed by atoms with Crippen LogP contribution in [0.4, 0.5) is 9.80 Å². The first-order valence-electron chi connectivity index (χ1n) is 8.24. The third-order valence-electron chi connectivity index (χ3n) is 4.33. The van der Waals surface area contributed by atoms with Crippen molar-refractivity contribution < 1.29 is 14.3 Å². The molecule has 1 atom stereocenters. The Labute approximate surface area is 145 Å². The van der Waals surface area contributed by atoms with Crippen LogP contribution in [0, 0.1) is 6.54 Å². The maximum absolute atomic E-state index is 12.1. The van der Waals surface area contributed by atoms with Crippen LogP contribution in [-0.2, 0) is 9.53 Å². The number of carbonyl (C=O) groups excluding carboxylic acids is 2. The molecule has 3 N–H and O–H groups in total. The molecule has 2 saturated heterocycles. The van der Waals surface area contributed by atoms with Gasteiger partial charge in [0.1, 0.15) is 0 Å². The molecular weight excluding hydrogens is 328 g/mol. The van der Waals surface area contributed by atoms with Crippen molar-refractivity contribution in [3.8, 4) is 0 Å². The fourth-order valence-electron chi connectivity index (χ4n) is 3.05. The SMILES string of the molecule is NC(=O)N1[CH]COCC1c1ccc(NC(=O)CCN2CCCC2)s1. The molecule has 131 valence electrons. The van der Waals surface area contributed by atoms with Gasteiger partial charge in [0.05, 0.1) is 30.8 Å². The van der Waals surface area contributed by atoms with Crippen LogP contribution in [0.1, 0.15) is 30.2 Å². The Morgan fingerprint density at radius 3 is 2.88 bits per heavy atom. The molecule has 2 aliphatic heterocycles. The molecule has 1 aromatic heterocycles. The van der Waals surface area contributed by atoms with Crippen molar-refractivity contribution in [3.05, 3.63) is 23.6 Å². The van der Waals surface area contributed by atoms with Crippen molar-refractivity contribution in [3.63, 3.8) is 0 Å². The van der Waals surface area contributed by atoms with E-state index in [9.17, 15) is 9.59 Å². The van der Waals surface area contributed by atoms with Gasteiger partial charge in [-0.05, 0) is 38.1 Å². The van der Waals surface area contributed by atoms with E-state index in [1.165, 1.54) is 29.1 Å². The Bertz CT molecular complexity index is 586. The summed E-state index contributed by atoms with van der Waals surface area (Å²) in [7, 11) is 0. The van der Waals surface area contributed by atoms with Gasteiger partial charge in [-0.2, -0.15) is 0 Å². The zero-order valence-electron chi connectivity index (χ0n) is 13.6. The summed E-state index contributed by atoms with van der Waals surface area (Å²) >= 11 is 1.45. The molecular formula is C16H23N4O3S. The van der Waals surface area contributed by atoms with Crippen LogP contribution in [0.25, 0.3) is 0 Å². The summed E-state index contributed by atoms with van der Waals surface area (Å²) in [5, 5.41) is 3.72. The number of anilines is 1. The van der Waals surface area contributed by atoms with Crippen molar-refractivity contribution in [2.45, 2.75) is 25.3 Å². The quantitative estimate of drug-likeness (QED) is 0.846. The second-order valence-electron chi connectivity index (χ2n) is 6.03. The Morgan fingerprint density at radius 1 is 1.33 bits per heavy atom. The normalized spacial score (nSPS) is 21.8. The smallest absolute Gasteiger partial charge is 0.315 e. The largest absolute Gasteiger partial charge is 0.377 e. The summed E-state index contributed by atoms with van der Waals surface area (Å²) in [6, 6.07) is 3.05. The minimum Gasteiger partial charge on any atom is -0.377 e. The molecule has 8 heteroatoms. The lowest BCUT2D eigenvalue weighted by atomic mass is 10.2. The number of hydrogen-bond donors (Lipinski definition) is 2. The van der Waals surface area contributed by atoms with E-state index < -0.39 is 6.03 Å². The number of likely N-dealkylation sites (tertiary alicyclic amines) is 1. The number of ether oxygens (including phenoxy) is 1. The number of nitrogens with two attached hydrogens (primary N) is 1. The van der Waals surface area contributed by atoms with Gasteiger partial charge in [-0.1, -0.05) is 0 Å². The molecule has 7 nitrogen and oxygen atoms in total. The molecule has 1 unspecified atom stereocenters. The van der Waals surface area contributed by atoms with Crippen LogP contribution >= 0.6 is 11.3 Å².